The number of allylic oxidation sites excluding steroid dienone is 2. The van der Waals surface area contributed by atoms with Gasteiger partial charge < -0.3 is 0 Å². The van der Waals surface area contributed by atoms with Crippen molar-refractivity contribution in [2.75, 3.05) is 0 Å². The van der Waals surface area contributed by atoms with Crippen LogP contribution in [0.4, 0.5) is 0 Å². The van der Waals surface area contributed by atoms with E-state index in [1.807, 2.05) is 0 Å². The highest BCUT2D eigenvalue weighted by Crippen LogP contribution is 2.40. The fourth-order valence-corrected chi connectivity index (χ4v) is 5.51. The average Bonchev–Trinajstić information content (AvgIpc) is 2.75. The molecule has 1 nitrogen and oxygen atoms in total. The summed E-state index contributed by atoms with van der Waals surface area (Å²) in [5.41, 5.74) is 3.99. The molecule has 2 aliphatic carbocycles. The first-order valence-electron chi connectivity index (χ1n) is 12.0. The molecule has 28 heavy (non-hydrogen) atoms. The number of hydrogen-bond donors (Lipinski definition) is 0. The molecule has 1 heteroatoms. The lowest BCUT2D eigenvalue weighted by atomic mass is 9.76. The summed E-state index contributed by atoms with van der Waals surface area (Å²) in [7, 11) is 0. The van der Waals surface area contributed by atoms with Crippen molar-refractivity contribution in [3.05, 3.63) is 47.0 Å². The maximum absolute atomic E-state index is 9.64. The van der Waals surface area contributed by atoms with Crippen molar-refractivity contribution >= 4 is 0 Å². The average molecular weight is 378 g/mol. The summed E-state index contributed by atoms with van der Waals surface area (Å²) in [6.45, 7) is 4.56. The van der Waals surface area contributed by atoms with E-state index in [0.29, 0.717) is 11.8 Å². The smallest absolute Gasteiger partial charge is 0.0946 e. The summed E-state index contributed by atoms with van der Waals surface area (Å²) in [5.74, 6) is 2.68. The van der Waals surface area contributed by atoms with Crippen LogP contribution in [0.5, 0.6) is 0 Å². The summed E-state index contributed by atoms with van der Waals surface area (Å²) >= 11 is 0. The summed E-state index contributed by atoms with van der Waals surface area (Å²) in [6.07, 6.45) is 18.0. The molecule has 2 aliphatic rings. The Kier molecular flexibility index (Phi) is 8.20. The number of benzene rings is 1. The van der Waals surface area contributed by atoms with Gasteiger partial charge in [-0.1, -0.05) is 76.3 Å². The molecule has 1 aromatic carbocycles. The zero-order valence-electron chi connectivity index (χ0n) is 18.1. The molecular formula is C27H39N. The number of nitrogens with zero attached hydrogens (tertiary/aromatic N) is 1. The van der Waals surface area contributed by atoms with Gasteiger partial charge in [-0.3, -0.25) is 0 Å². The van der Waals surface area contributed by atoms with Crippen molar-refractivity contribution in [2.24, 2.45) is 11.8 Å². The van der Waals surface area contributed by atoms with Crippen LogP contribution in [0.15, 0.2) is 35.9 Å². The van der Waals surface area contributed by atoms with Crippen LogP contribution in [0.3, 0.4) is 0 Å². The lowest BCUT2D eigenvalue weighted by molar-refractivity contribution is 0.308. The van der Waals surface area contributed by atoms with E-state index in [-0.39, 0.29) is 0 Å². The second-order valence-corrected chi connectivity index (χ2v) is 9.28. The van der Waals surface area contributed by atoms with Gasteiger partial charge in [-0.2, -0.15) is 5.26 Å². The largest absolute Gasteiger partial charge is 0.193 e. The van der Waals surface area contributed by atoms with E-state index in [1.54, 1.807) is 0 Å². The summed E-state index contributed by atoms with van der Waals surface area (Å²) < 4.78 is 0. The molecule has 0 saturated heterocycles. The maximum atomic E-state index is 9.64. The van der Waals surface area contributed by atoms with Gasteiger partial charge in [-0.25, -0.2) is 0 Å². The zero-order valence-corrected chi connectivity index (χ0v) is 18.1. The Hall–Kier alpha value is -1.55. The molecule has 0 amide bonds. The Morgan fingerprint density at radius 1 is 0.821 bits per heavy atom. The van der Waals surface area contributed by atoms with Gasteiger partial charge in [-0.05, 0) is 73.8 Å². The predicted octanol–water partition coefficient (Wildman–Crippen LogP) is 8.28. The summed E-state index contributed by atoms with van der Waals surface area (Å²) in [4.78, 5) is 0. The van der Waals surface area contributed by atoms with E-state index in [2.05, 4.69) is 50.3 Å². The molecular weight excluding hydrogens is 338 g/mol. The Balaban J connectivity index is 1.59. The Morgan fingerprint density at radius 2 is 1.54 bits per heavy atom. The third-order valence-corrected chi connectivity index (χ3v) is 7.31. The molecule has 0 spiro atoms. The van der Waals surface area contributed by atoms with Gasteiger partial charge in [0.05, 0.1) is 6.07 Å². The summed E-state index contributed by atoms with van der Waals surface area (Å²) in [5, 5.41) is 9.64. The zero-order chi connectivity index (χ0) is 19.8. The molecule has 2 unspecified atom stereocenters. The number of hydrogen-bond acceptors (Lipinski definition) is 1. The highest BCUT2D eigenvalue weighted by atomic mass is 14.3. The van der Waals surface area contributed by atoms with Gasteiger partial charge in [0.1, 0.15) is 0 Å². The normalized spacial score (nSPS) is 27.8. The standard InChI is InChI=1S/C27H39N/c1-3-5-6-8-22-17-18-26(19-27(22)20-28)25-15-13-24(14-16-25)23-11-9-21(7-4-2)10-12-23/h13-16,19,21-23,26H,3-12,17-18H2,1-2H3/t21-,22?,23-,26?. The molecule has 0 aliphatic heterocycles. The van der Waals surface area contributed by atoms with Crippen LogP contribution in [0.1, 0.15) is 114 Å². The lowest BCUT2D eigenvalue weighted by Crippen LogP contribution is -2.14. The Bertz CT molecular complexity index is 654. The molecule has 2 atom stereocenters. The van der Waals surface area contributed by atoms with Crippen molar-refractivity contribution in [1.82, 2.24) is 0 Å². The molecule has 152 valence electrons. The predicted molar refractivity (Wildman–Crippen MR) is 119 cm³/mol. The second kappa shape index (κ2) is 10.8. The van der Waals surface area contributed by atoms with E-state index >= 15 is 0 Å². The van der Waals surface area contributed by atoms with Crippen molar-refractivity contribution in [3.63, 3.8) is 0 Å². The van der Waals surface area contributed by atoms with Crippen LogP contribution in [0.2, 0.25) is 0 Å². The van der Waals surface area contributed by atoms with Crippen LogP contribution in [-0.4, -0.2) is 0 Å². The fourth-order valence-electron chi connectivity index (χ4n) is 5.51. The number of rotatable bonds is 8. The minimum absolute atomic E-state index is 0.436. The van der Waals surface area contributed by atoms with Gasteiger partial charge in [-0.15, -0.1) is 0 Å². The number of unbranched alkanes of at least 4 members (excludes halogenated alkanes) is 2. The minimum Gasteiger partial charge on any atom is -0.193 e. The third kappa shape index (κ3) is 5.50. The molecule has 0 radical (unpaired) electrons. The second-order valence-electron chi connectivity index (χ2n) is 9.28. The third-order valence-electron chi connectivity index (χ3n) is 7.31. The highest BCUT2D eigenvalue weighted by Gasteiger charge is 2.25. The van der Waals surface area contributed by atoms with Crippen LogP contribution < -0.4 is 0 Å². The number of nitriles is 1. The lowest BCUT2D eigenvalue weighted by Gasteiger charge is -2.29. The molecule has 1 saturated carbocycles. The van der Waals surface area contributed by atoms with Crippen LogP contribution in [0.25, 0.3) is 0 Å². The fraction of sp³-hybridized carbons (Fsp3) is 0.667. The first-order chi connectivity index (χ1) is 13.7. The van der Waals surface area contributed by atoms with E-state index in [0.717, 1.165) is 17.4 Å². The van der Waals surface area contributed by atoms with E-state index in [4.69, 9.17) is 0 Å². The molecule has 1 fully saturated rings. The van der Waals surface area contributed by atoms with E-state index in [9.17, 15) is 5.26 Å². The Labute approximate surface area is 173 Å². The van der Waals surface area contributed by atoms with Gasteiger partial charge in [0.2, 0.25) is 0 Å². The SMILES string of the molecule is CCCCCC1CCC(c2ccc([C@H]3CC[C@H](CCC)CC3)cc2)C=C1C#N. The van der Waals surface area contributed by atoms with Crippen molar-refractivity contribution < 1.29 is 0 Å². The first-order valence-corrected chi connectivity index (χ1v) is 12.0. The van der Waals surface area contributed by atoms with Gasteiger partial charge in [0, 0.05) is 11.5 Å². The first kappa shape index (κ1) is 21.2. The molecule has 0 N–H and O–H groups in total. The van der Waals surface area contributed by atoms with Crippen LogP contribution in [0, 0.1) is 23.2 Å². The molecule has 0 bridgehead atoms. The van der Waals surface area contributed by atoms with Crippen molar-refractivity contribution in [1.29, 1.82) is 5.26 Å². The molecule has 0 heterocycles. The van der Waals surface area contributed by atoms with E-state index in [1.165, 1.54) is 88.2 Å². The van der Waals surface area contributed by atoms with Gasteiger partial charge in [0.15, 0.2) is 0 Å². The highest BCUT2D eigenvalue weighted by molar-refractivity contribution is 5.36. The molecule has 0 aromatic heterocycles. The molecule has 3 rings (SSSR count). The van der Waals surface area contributed by atoms with E-state index < -0.39 is 0 Å². The monoisotopic (exact) mass is 377 g/mol. The van der Waals surface area contributed by atoms with Crippen LogP contribution in [-0.2, 0) is 0 Å². The summed E-state index contributed by atoms with van der Waals surface area (Å²) in [6, 6.07) is 12.0. The van der Waals surface area contributed by atoms with Gasteiger partial charge in [0.25, 0.3) is 0 Å². The van der Waals surface area contributed by atoms with Gasteiger partial charge >= 0.3 is 0 Å². The van der Waals surface area contributed by atoms with Crippen molar-refractivity contribution in [3.8, 4) is 6.07 Å². The minimum atomic E-state index is 0.436. The quantitative estimate of drug-likeness (QED) is 0.418. The molecule has 1 aromatic rings. The van der Waals surface area contributed by atoms with Crippen LogP contribution >= 0.6 is 0 Å². The Morgan fingerprint density at radius 3 is 2.18 bits per heavy atom. The maximum Gasteiger partial charge on any atom is 0.0946 e. The topological polar surface area (TPSA) is 23.8 Å². The van der Waals surface area contributed by atoms with Crippen molar-refractivity contribution in [2.45, 2.75) is 103 Å².